The topological polar surface area (TPSA) is 84.9 Å². The Labute approximate surface area is 143 Å². The summed E-state index contributed by atoms with van der Waals surface area (Å²) in [5.74, 6) is 0.228. The number of sulfonamides is 1. The molecule has 1 aromatic carbocycles. The van der Waals surface area contributed by atoms with Crippen molar-refractivity contribution < 1.29 is 22.7 Å². The molecule has 1 fully saturated rings. The number of piperidine rings is 1. The van der Waals surface area contributed by atoms with Crippen LogP contribution in [0.25, 0.3) is 0 Å². The first-order chi connectivity index (χ1) is 11.4. The van der Waals surface area contributed by atoms with Gasteiger partial charge in [0.05, 0.1) is 18.4 Å². The van der Waals surface area contributed by atoms with Gasteiger partial charge in [0.15, 0.2) is 0 Å². The molecule has 0 radical (unpaired) electrons. The number of amides is 1. The first kappa shape index (κ1) is 18.7. The largest absolute Gasteiger partial charge is 0.490 e. The quantitative estimate of drug-likeness (QED) is 0.733. The molecule has 1 aromatic rings. The monoisotopic (exact) mass is 356 g/mol. The Morgan fingerprint density at radius 1 is 1.33 bits per heavy atom. The zero-order valence-corrected chi connectivity index (χ0v) is 14.8. The highest BCUT2D eigenvalue weighted by molar-refractivity contribution is 7.88. The molecule has 2 rings (SSSR count). The SMILES string of the molecule is COCCOc1ccccc1C(=O)NC1CCCN(S(C)(=O)=O)C1. The summed E-state index contributed by atoms with van der Waals surface area (Å²) in [6.45, 7) is 1.59. The maximum absolute atomic E-state index is 12.5. The van der Waals surface area contributed by atoms with E-state index < -0.39 is 10.0 Å². The van der Waals surface area contributed by atoms with Gasteiger partial charge in [-0.15, -0.1) is 0 Å². The summed E-state index contributed by atoms with van der Waals surface area (Å²) >= 11 is 0. The van der Waals surface area contributed by atoms with Crippen molar-refractivity contribution in [3.63, 3.8) is 0 Å². The van der Waals surface area contributed by atoms with Crippen LogP contribution in [0.15, 0.2) is 24.3 Å². The molecule has 0 saturated carbocycles. The van der Waals surface area contributed by atoms with E-state index >= 15 is 0 Å². The van der Waals surface area contributed by atoms with Crippen molar-refractivity contribution in [1.82, 2.24) is 9.62 Å². The van der Waals surface area contributed by atoms with E-state index in [0.717, 1.165) is 12.8 Å². The van der Waals surface area contributed by atoms with Gasteiger partial charge < -0.3 is 14.8 Å². The van der Waals surface area contributed by atoms with Gasteiger partial charge in [0.2, 0.25) is 10.0 Å². The smallest absolute Gasteiger partial charge is 0.255 e. The minimum absolute atomic E-state index is 0.201. The van der Waals surface area contributed by atoms with Crippen LogP contribution in [0.1, 0.15) is 23.2 Å². The molecule has 24 heavy (non-hydrogen) atoms. The van der Waals surface area contributed by atoms with Gasteiger partial charge in [-0.2, -0.15) is 0 Å². The van der Waals surface area contributed by atoms with Crippen LogP contribution in [0.5, 0.6) is 5.75 Å². The molecule has 0 aromatic heterocycles. The molecular weight excluding hydrogens is 332 g/mol. The molecule has 1 unspecified atom stereocenters. The average molecular weight is 356 g/mol. The lowest BCUT2D eigenvalue weighted by Crippen LogP contribution is -2.49. The summed E-state index contributed by atoms with van der Waals surface area (Å²) in [4.78, 5) is 12.5. The molecule has 0 bridgehead atoms. The number of carbonyl (C=O) groups is 1. The number of methoxy groups -OCH3 is 1. The van der Waals surface area contributed by atoms with E-state index in [0.29, 0.717) is 37.6 Å². The second kappa shape index (κ2) is 8.46. The van der Waals surface area contributed by atoms with E-state index in [2.05, 4.69) is 5.32 Å². The number of nitrogens with zero attached hydrogens (tertiary/aromatic N) is 1. The predicted octanol–water partition coefficient (Wildman–Crippen LogP) is 0.866. The third-order valence-electron chi connectivity index (χ3n) is 3.87. The minimum atomic E-state index is -3.24. The van der Waals surface area contributed by atoms with Crippen molar-refractivity contribution in [3.05, 3.63) is 29.8 Å². The highest BCUT2D eigenvalue weighted by Crippen LogP contribution is 2.19. The first-order valence-corrected chi connectivity index (χ1v) is 9.73. The maximum Gasteiger partial charge on any atom is 0.255 e. The minimum Gasteiger partial charge on any atom is -0.490 e. The van der Waals surface area contributed by atoms with Gasteiger partial charge in [-0.1, -0.05) is 12.1 Å². The number of carbonyl (C=O) groups excluding carboxylic acids is 1. The number of nitrogens with one attached hydrogen (secondary N) is 1. The summed E-state index contributed by atoms with van der Waals surface area (Å²) in [7, 11) is -1.66. The van der Waals surface area contributed by atoms with Gasteiger partial charge >= 0.3 is 0 Å². The molecule has 8 heteroatoms. The van der Waals surface area contributed by atoms with Gasteiger partial charge in [0.25, 0.3) is 5.91 Å². The standard InChI is InChI=1S/C16H24N2O5S/c1-22-10-11-23-15-8-4-3-7-14(15)16(19)17-13-6-5-9-18(12-13)24(2,20)21/h3-4,7-8,13H,5-6,9-12H2,1-2H3,(H,17,19). The summed E-state index contributed by atoms with van der Waals surface area (Å²) in [6, 6.07) is 6.78. The predicted molar refractivity (Wildman–Crippen MR) is 90.7 cm³/mol. The van der Waals surface area contributed by atoms with Crippen molar-refractivity contribution >= 4 is 15.9 Å². The van der Waals surface area contributed by atoms with Crippen LogP contribution in [0, 0.1) is 0 Å². The Balaban J connectivity index is 2.02. The van der Waals surface area contributed by atoms with Crippen LogP contribution in [-0.4, -0.2) is 64.3 Å². The Hall–Kier alpha value is -1.64. The van der Waals surface area contributed by atoms with Gasteiger partial charge in [-0.25, -0.2) is 12.7 Å². The zero-order chi connectivity index (χ0) is 17.6. The molecule has 0 aliphatic carbocycles. The Kier molecular flexibility index (Phi) is 6.59. The van der Waals surface area contributed by atoms with Crippen LogP contribution in [0.3, 0.4) is 0 Å². The third kappa shape index (κ3) is 5.19. The van der Waals surface area contributed by atoms with E-state index in [4.69, 9.17) is 9.47 Å². The molecule has 1 aliphatic heterocycles. The molecular formula is C16H24N2O5S. The molecule has 1 N–H and O–H groups in total. The van der Waals surface area contributed by atoms with Crippen LogP contribution < -0.4 is 10.1 Å². The van der Waals surface area contributed by atoms with Crippen molar-refractivity contribution in [2.75, 3.05) is 39.7 Å². The van der Waals surface area contributed by atoms with Crippen LogP contribution in [0.2, 0.25) is 0 Å². The van der Waals surface area contributed by atoms with E-state index in [1.807, 2.05) is 0 Å². The number of hydrogen-bond donors (Lipinski definition) is 1. The highest BCUT2D eigenvalue weighted by Gasteiger charge is 2.27. The molecule has 7 nitrogen and oxygen atoms in total. The van der Waals surface area contributed by atoms with Crippen LogP contribution in [0.4, 0.5) is 0 Å². The molecule has 134 valence electrons. The number of para-hydroxylation sites is 1. The molecule has 0 spiro atoms. The van der Waals surface area contributed by atoms with E-state index in [-0.39, 0.29) is 11.9 Å². The fourth-order valence-corrected chi connectivity index (χ4v) is 3.55. The Morgan fingerprint density at radius 3 is 2.79 bits per heavy atom. The first-order valence-electron chi connectivity index (χ1n) is 7.88. The lowest BCUT2D eigenvalue weighted by molar-refractivity contribution is 0.0914. The van der Waals surface area contributed by atoms with Crippen molar-refractivity contribution in [2.45, 2.75) is 18.9 Å². The molecule has 1 saturated heterocycles. The van der Waals surface area contributed by atoms with Crippen molar-refractivity contribution in [1.29, 1.82) is 0 Å². The van der Waals surface area contributed by atoms with Crippen LogP contribution >= 0.6 is 0 Å². The molecule has 1 heterocycles. The van der Waals surface area contributed by atoms with E-state index in [1.54, 1.807) is 31.4 Å². The number of hydrogen-bond acceptors (Lipinski definition) is 5. The molecule has 1 amide bonds. The summed E-state index contributed by atoms with van der Waals surface area (Å²) in [5.41, 5.74) is 0.435. The van der Waals surface area contributed by atoms with Gasteiger partial charge in [-0.05, 0) is 25.0 Å². The average Bonchev–Trinajstić information content (AvgIpc) is 2.55. The summed E-state index contributed by atoms with van der Waals surface area (Å²) in [5, 5.41) is 2.91. The fraction of sp³-hybridized carbons (Fsp3) is 0.562. The summed E-state index contributed by atoms with van der Waals surface area (Å²) < 4.78 is 35.3. The number of ether oxygens (including phenoxy) is 2. The zero-order valence-electron chi connectivity index (χ0n) is 14.0. The lowest BCUT2D eigenvalue weighted by atomic mass is 10.1. The lowest BCUT2D eigenvalue weighted by Gasteiger charge is -2.31. The Morgan fingerprint density at radius 2 is 2.08 bits per heavy atom. The van der Waals surface area contributed by atoms with Crippen LogP contribution in [-0.2, 0) is 14.8 Å². The molecule has 1 atom stereocenters. The Bertz CT molecular complexity index is 662. The van der Waals surface area contributed by atoms with Crippen molar-refractivity contribution in [2.24, 2.45) is 0 Å². The second-order valence-corrected chi connectivity index (χ2v) is 7.75. The molecule has 1 aliphatic rings. The third-order valence-corrected chi connectivity index (χ3v) is 5.13. The number of rotatable bonds is 7. The second-order valence-electron chi connectivity index (χ2n) is 5.77. The normalized spacial score (nSPS) is 19.0. The summed E-state index contributed by atoms with van der Waals surface area (Å²) in [6.07, 6.45) is 2.67. The number of benzene rings is 1. The highest BCUT2D eigenvalue weighted by atomic mass is 32.2. The van der Waals surface area contributed by atoms with Gasteiger partial charge in [0, 0.05) is 26.2 Å². The van der Waals surface area contributed by atoms with Gasteiger partial charge in [-0.3, -0.25) is 4.79 Å². The maximum atomic E-state index is 12.5. The van der Waals surface area contributed by atoms with E-state index in [1.165, 1.54) is 10.6 Å². The van der Waals surface area contributed by atoms with Crippen molar-refractivity contribution in [3.8, 4) is 5.75 Å². The fourth-order valence-electron chi connectivity index (χ4n) is 2.64. The van der Waals surface area contributed by atoms with E-state index in [9.17, 15) is 13.2 Å². The van der Waals surface area contributed by atoms with Gasteiger partial charge in [0.1, 0.15) is 12.4 Å².